The number of carbonyl (C=O) groups is 1. The van der Waals surface area contributed by atoms with Gasteiger partial charge in [0, 0.05) is 6.54 Å². The summed E-state index contributed by atoms with van der Waals surface area (Å²) in [5.74, 6) is 0.842. The maximum absolute atomic E-state index is 11.8. The Hall–Kier alpha value is -1.34. The van der Waals surface area contributed by atoms with E-state index in [1.807, 2.05) is 49.8 Å². The third kappa shape index (κ3) is 4.31. The number of esters is 1. The largest absolute Gasteiger partial charge is 0.459 e. The molecule has 0 aliphatic carbocycles. The van der Waals surface area contributed by atoms with Gasteiger partial charge in [0.2, 0.25) is 0 Å². The van der Waals surface area contributed by atoms with Crippen molar-refractivity contribution in [2.45, 2.75) is 45.0 Å². The van der Waals surface area contributed by atoms with Crippen LogP contribution in [-0.4, -0.2) is 32.1 Å². The quantitative estimate of drug-likeness (QED) is 0.622. The number of hydrogen-bond acceptors (Lipinski definition) is 6. The summed E-state index contributed by atoms with van der Waals surface area (Å²) in [5.41, 5.74) is -0.460. The van der Waals surface area contributed by atoms with Gasteiger partial charge in [-0.1, -0.05) is 17.8 Å². The zero-order chi connectivity index (χ0) is 15.5. The molecule has 0 spiro atoms. The summed E-state index contributed by atoms with van der Waals surface area (Å²) in [7, 11) is 0. The van der Waals surface area contributed by atoms with Crippen molar-refractivity contribution < 1.29 is 9.53 Å². The van der Waals surface area contributed by atoms with E-state index < -0.39 is 5.60 Å². The molecule has 0 saturated carbocycles. The van der Waals surface area contributed by atoms with Gasteiger partial charge < -0.3 is 9.30 Å². The van der Waals surface area contributed by atoms with Crippen molar-refractivity contribution >= 4 is 29.1 Å². The Morgan fingerprint density at radius 2 is 2.19 bits per heavy atom. The zero-order valence-electron chi connectivity index (χ0n) is 12.6. The first-order chi connectivity index (χ1) is 9.90. The van der Waals surface area contributed by atoms with Crippen molar-refractivity contribution in [2.75, 3.05) is 5.75 Å². The molecule has 0 amide bonds. The van der Waals surface area contributed by atoms with E-state index in [1.165, 1.54) is 11.8 Å². The second kappa shape index (κ2) is 6.62. The summed E-state index contributed by atoms with van der Waals surface area (Å²) in [6, 6.07) is 4.01. The summed E-state index contributed by atoms with van der Waals surface area (Å²) >= 11 is 2.98. The van der Waals surface area contributed by atoms with Crippen LogP contribution < -0.4 is 0 Å². The maximum atomic E-state index is 11.8. The molecule has 21 heavy (non-hydrogen) atoms. The molecular formula is C14H19N3O2S2. The number of ether oxygens (including phenoxy) is 1. The van der Waals surface area contributed by atoms with Crippen LogP contribution in [0.15, 0.2) is 22.7 Å². The lowest BCUT2D eigenvalue weighted by Gasteiger charge is -2.19. The second-order valence-corrected chi connectivity index (χ2v) is 7.29. The van der Waals surface area contributed by atoms with E-state index in [0.29, 0.717) is 0 Å². The Morgan fingerprint density at radius 3 is 2.76 bits per heavy atom. The lowest BCUT2D eigenvalue weighted by Crippen LogP contribution is -2.25. The Kier molecular flexibility index (Phi) is 5.05. The Morgan fingerprint density at radius 1 is 1.43 bits per heavy atom. The molecule has 2 aromatic rings. The van der Waals surface area contributed by atoms with Crippen LogP contribution in [0.3, 0.4) is 0 Å². The minimum atomic E-state index is -0.460. The van der Waals surface area contributed by atoms with Crippen LogP contribution in [0.1, 0.15) is 27.7 Å². The Labute approximate surface area is 132 Å². The molecule has 0 saturated heterocycles. The summed E-state index contributed by atoms with van der Waals surface area (Å²) in [6.45, 7) is 8.38. The summed E-state index contributed by atoms with van der Waals surface area (Å²) in [6.07, 6.45) is 0. The minimum Gasteiger partial charge on any atom is -0.459 e. The van der Waals surface area contributed by atoms with Crippen LogP contribution in [0, 0.1) is 0 Å². The van der Waals surface area contributed by atoms with Crippen LogP contribution in [0.25, 0.3) is 10.7 Å². The monoisotopic (exact) mass is 325 g/mol. The summed E-state index contributed by atoms with van der Waals surface area (Å²) in [5, 5.41) is 11.2. The van der Waals surface area contributed by atoms with E-state index in [2.05, 4.69) is 10.2 Å². The molecule has 2 aromatic heterocycles. The zero-order valence-corrected chi connectivity index (χ0v) is 14.3. The number of thiophene rings is 1. The molecule has 0 fully saturated rings. The lowest BCUT2D eigenvalue weighted by atomic mass is 10.2. The van der Waals surface area contributed by atoms with Crippen molar-refractivity contribution in [2.24, 2.45) is 0 Å². The van der Waals surface area contributed by atoms with Gasteiger partial charge in [0.05, 0.1) is 10.6 Å². The first-order valence-electron chi connectivity index (χ1n) is 6.72. The Bertz CT molecular complexity index is 600. The average Bonchev–Trinajstić information content (AvgIpc) is 3.02. The predicted octanol–water partition coefficient (Wildman–Crippen LogP) is 3.46. The van der Waals surface area contributed by atoms with Gasteiger partial charge in [-0.05, 0) is 39.1 Å². The van der Waals surface area contributed by atoms with E-state index >= 15 is 0 Å². The fraction of sp³-hybridized carbons (Fsp3) is 0.500. The molecule has 0 aliphatic rings. The van der Waals surface area contributed by atoms with Crippen LogP contribution in [0.4, 0.5) is 0 Å². The van der Waals surface area contributed by atoms with Gasteiger partial charge in [0.1, 0.15) is 5.60 Å². The Balaban J connectivity index is 2.06. The van der Waals surface area contributed by atoms with Gasteiger partial charge in [-0.25, -0.2) is 0 Å². The number of hydrogen-bond donors (Lipinski definition) is 0. The maximum Gasteiger partial charge on any atom is 0.316 e. The van der Waals surface area contributed by atoms with E-state index in [1.54, 1.807) is 11.3 Å². The molecule has 0 bridgehead atoms. The smallest absolute Gasteiger partial charge is 0.316 e. The van der Waals surface area contributed by atoms with Crippen molar-refractivity contribution in [3.8, 4) is 10.7 Å². The van der Waals surface area contributed by atoms with Gasteiger partial charge in [0.15, 0.2) is 11.0 Å². The molecule has 0 atom stereocenters. The van der Waals surface area contributed by atoms with E-state index in [4.69, 9.17) is 4.74 Å². The molecule has 5 nitrogen and oxygen atoms in total. The fourth-order valence-corrected chi connectivity index (χ4v) is 3.26. The minimum absolute atomic E-state index is 0.236. The lowest BCUT2D eigenvalue weighted by molar-refractivity contribution is -0.151. The number of rotatable bonds is 5. The normalized spacial score (nSPS) is 11.6. The van der Waals surface area contributed by atoms with E-state index in [-0.39, 0.29) is 11.7 Å². The van der Waals surface area contributed by atoms with E-state index in [9.17, 15) is 4.79 Å². The molecule has 2 heterocycles. The van der Waals surface area contributed by atoms with Crippen molar-refractivity contribution in [1.82, 2.24) is 14.8 Å². The van der Waals surface area contributed by atoms with Gasteiger partial charge >= 0.3 is 5.97 Å². The number of nitrogens with zero attached hydrogens (tertiary/aromatic N) is 3. The van der Waals surface area contributed by atoms with Gasteiger partial charge in [-0.3, -0.25) is 4.79 Å². The molecule has 7 heteroatoms. The second-order valence-electron chi connectivity index (χ2n) is 5.40. The summed E-state index contributed by atoms with van der Waals surface area (Å²) in [4.78, 5) is 12.8. The van der Waals surface area contributed by atoms with Crippen LogP contribution in [-0.2, 0) is 16.1 Å². The third-order valence-electron chi connectivity index (χ3n) is 2.51. The highest BCUT2D eigenvalue weighted by Crippen LogP contribution is 2.27. The van der Waals surface area contributed by atoms with Crippen molar-refractivity contribution in [3.63, 3.8) is 0 Å². The molecular weight excluding hydrogens is 306 g/mol. The molecule has 0 aromatic carbocycles. The highest BCUT2D eigenvalue weighted by atomic mass is 32.2. The first-order valence-corrected chi connectivity index (χ1v) is 8.59. The van der Waals surface area contributed by atoms with Crippen molar-refractivity contribution in [3.05, 3.63) is 17.5 Å². The van der Waals surface area contributed by atoms with Crippen LogP contribution >= 0.6 is 23.1 Å². The molecule has 0 N–H and O–H groups in total. The molecule has 0 aliphatic heterocycles. The number of thioether (sulfide) groups is 1. The van der Waals surface area contributed by atoms with Gasteiger partial charge in [-0.15, -0.1) is 21.5 Å². The SMILES string of the molecule is CCn1c(SCC(=O)OC(C)(C)C)nnc1-c1cccs1. The summed E-state index contributed by atoms with van der Waals surface area (Å²) < 4.78 is 7.31. The fourth-order valence-electron chi connectivity index (χ4n) is 1.76. The molecule has 0 radical (unpaired) electrons. The van der Waals surface area contributed by atoms with Gasteiger partial charge in [-0.2, -0.15) is 0 Å². The highest BCUT2D eigenvalue weighted by Gasteiger charge is 2.19. The molecule has 2 rings (SSSR count). The number of carbonyl (C=O) groups excluding carboxylic acids is 1. The highest BCUT2D eigenvalue weighted by molar-refractivity contribution is 7.99. The average molecular weight is 325 g/mol. The van der Waals surface area contributed by atoms with Crippen LogP contribution in [0.5, 0.6) is 0 Å². The third-order valence-corrected chi connectivity index (χ3v) is 4.32. The van der Waals surface area contributed by atoms with E-state index in [0.717, 1.165) is 22.4 Å². The number of aromatic nitrogens is 3. The standard InChI is InChI=1S/C14H19N3O2S2/c1-5-17-12(10-7-6-8-20-10)15-16-13(17)21-9-11(18)19-14(2,3)4/h6-8H,5,9H2,1-4H3. The van der Waals surface area contributed by atoms with Gasteiger partial charge in [0.25, 0.3) is 0 Å². The first kappa shape index (κ1) is 16.0. The topological polar surface area (TPSA) is 57.0 Å². The molecule has 0 unspecified atom stereocenters. The van der Waals surface area contributed by atoms with Crippen LogP contribution in [0.2, 0.25) is 0 Å². The molecule has 114 valence electrons. The van der Waals surface area contributed by atoms with Crippen molar-refractivity contribution in [1.29, 1.82) is 0 Å². The predicted molar refractivity (Wildman–Crippen MR) is 85.6 cm³/mol.